The van der Waals surface area contributed by atoms with Gasteiger partial charge in [-0.05, 0) is 12.1 Å². The first kappa shape index (κ1) is 14.2. The molecule has 2 rings (SSSR count). The average Bonchev–Trinajstić information content (AvgIpc) is 2.48. The molecule has 2 aromatic rings. The number of nitrogens with zero attached hydrogens (tertiary/aromatic N) is 3. The molecule has 104 valence electrons. The minimum absolute atomic E-state index is 0.263. The maximum Gasteiger partial charge on any atom is 0.225 e. The van der Waals surface area contributed by atoms with Crippen molar-refractivity contribution in [3.05, 3.63) is 47.8 Å². The monoisotopic (exact) mass is 288 g/mol. The quantitative estimate of drug-likeness (QED) is 0.846. The van der Waals surface area contributed by atoms with Crippen LogP contribution in [-0.4, -0.2) is 29.1 Å². The summed E-state index contributed by atoms with van der Waals surface area (Å²) < 4.78 is 5.34. The van der Waals surface area contributed by atoms with Gasteiger partial charge in [-0.2, -0.15) is 0 Å². The molecule has 2 N–H and O–H groups in total. The van der Waals surface area contributed by atoms with Crippen LogP contribution in [0.4, 0.5) is 5.95 Å². The molecule has 20 heavy (non-hydrogen) atoms. The first-order chi connectivity index (χ1) is 9.61. The second-order valence-corrected chi connectivity index (χ2v) is 4.71. The van der Waals surface area contributed by atoms with E-state index in [1.54, 1.807) is 19.4 Å². The number of hydrogen-bond donors (Lipinski definition) is 1. The summed E-state index contributed by atoms with van der Waals surface area (Å²) in [6, 6.07) is 9.54. The van der Waals surface area contributed by atoms with Crippen LogP contribution in [0.25, 0.3) is 0 Å². The lowest BCUT2D eigenvalue weighted by molar-refractivity contribution is 0.409. The molecular weight excluding hydrogens is 272 g/mol. The maximum atomic E-state index is 5.58. The zero-order valence-electron chi connectivity index (χ0n) is 11.4. The Balaban J connectivity index is 2.21. The van der Waals surface area contributed by atoms with Crippen LogP contribution >= 0.6 is 12.2 Å². The summed E-state index contributed by atoms with van der Waals surface area (Å²) in [5.41, 5.74) is 7.21. The van der Waals surface area contributed by atoms with Crippen LogP contribution in [0.5, 0.6) is 5.75 Å². The van der Waals surface area contributed by atoms with E-state index in [-0.39, 0.29) is 4.99 Å². The van der Waals surface area contributed by atoms with E-state index < -0.39 is 0 Å². The molecule has 1 aromatic heterocycles. The van der Waals surface area contributed by atoms with Crippen molar-refractivity contribution < 1.29 is 4.74 Å². The lowest BCUT2D eigenvalue weighted by atomic mass is 10.2. The van der Waals surface area contributed by atoms with Crippen LogP contribution in [0.2, 0.25) is 0 Å². The fraction of sp³-hybridized carbons (Fsp3) is 0.214. The highest BCUT2D eigenvalue weighted by molar-refractivity contribution is 7.80. The summed E-state index contributed by atoms with van der Waals surface area (Å²) >= 11 is 4.93. The summed E-state index contributed by atoms with van der Waals surface area (Å²) in [6.45, 7) is 0.630. The first-order valence-electron chi connectivity index (χ1n) is 6.07. The van der Waals surface area contributed by atoms with Crippen LogP contribution < -0.4 is 15.4 Å². The molecule has 0 aliphatic rings. The van der Waals surface area contributed by atoms with Crippen molar-refractivity contribution >= 4 is 23.2 Å². The average molecular weight is 288 g/mol. The molecule has 0 unspecified atom stereocenters. The predicted molar refractivity (Wildman–Crippen MR) is 83.0 cm³/mol. The Labute approximate surface area is 123 Å². The molecule has 6 heteroatoms. The zero-order chi connectivity index (χ0) is 14.5. The Morgan fingerprint density at radius 3 is 2.80 bits per heavy atom. The molecule has 1 heterocycles. The van der Waals surface area contributed by atoms with E-state index in [2.05, 4.69) is 9.97 Å². The Hall–Kier alpha value is -2.21. The summed E-state index contributed by atoms with van der Waals surface area (Å²) in [5, 5.41) is 0. The van der Waals surface area contributed by atoms with Crippen molar-refractivity contribution in [3.8, 4) is 5.75 Å². The molecule has 0 saturated carbocycles. The number of anilines is 1. The summed E-state index contributed by atoms with van der Waals surface area (Å²) in [6.07, 6.45) is 1.65. The molecule has 0 aliphatic carbocycles. The van der Waals surface area contributed by atoms with Gasteiger partial charge in [0.05, 0.1) is 7.11 Å². The molecule has 0 amide bonds. The number of methoxy groups -OCH3 is 1. The van der Waals surface area contributed by atoms with Gasteiger partial charge in [0, 0.05) is 25.4 Å². The minimum Gasteiger partial charge on any atom is -0.496 e. The molecule has 0 aliphatic heterocycles. The van der Waals surface area contributed by atoms with Gasteiger partial charge in [0.15, 0.2) is 0 Å². The molecule has 0 fully saturated rings. The molecule has 0 saturated heterocycles. The standard InChI is InChI=1S/C14H16N4OS/c1-18(9-10-5-3-4-6-12(10)19-2)14-16-8-7-11(17-14)13(15)20/h3-8H,9H2,1-2H3,(H2,15,20). The third-order valence-electron chi connectivity index (χ3n) is 2.84. The Kier molecular flexibility index (Phi) is 4.47. The van der Waals surface area contributed by atoms with Crippen LogP contribution in [0, 0.1) is 0 Å². The van der Waals surface area contributed by atoms with Gasteiger partial charge in [-0.1, -0.05) is 30.4 Å². The highest BCUT2D eigenvalue weighted by atomic mass is 32.1. The zero-order valence-corrected chi connectivity index (χ0v) is 12.2. The number of benzene rings is 1. The number of ether oxygens (including phenoxy) is 1. The van der Waals surface area contributed by atoms with E-state index in [1.165, 1.54) is 0 Å². The second-order valence-electron chi connectivity index (χ2n) is 4.27. The summed E-state index contributed by atoms with van der Waals surface area (Å²) in [4.78, 5) is 10.7. The Morgan fingerprint density at radius 1 is 1.35 bits per heavy atom. The fourth-order valence-corrected chi connectivity index (χ4v) is 1.94. The third kappa shape index (κ3) is 3.21. The number of aromatic nitrogens is 2. The fourth-order valence-electron chi connectivity index (χ4n) is 1.83. The summed E-state index contributed by atoms with van der Waals surface area (Å²) in [5.74, 6) is 1.41. The topological polar surface area (TPSA) is 64.3 Å². The van der Waals surface area contributed by atoms with E-state index in [1.807, 2.05) is 36.2 Å². The predicted octanol–water partition coefficient (Wildman–Crippen LogP) is 1.76. The van der Waals surface area contributed by atoms with Crippen LogP contribution in [0.3, 0.4) is 0 Å². The number of nitrogens with two attached hydrogens (primary N) is 1. The van der Waals surface area contributed by atoms with Gasteiger partial charge in [0.1, 0.15) is 16.4 Å². The lowest BCUT2D eigenvalue weighted by Crippen LogP contribution is -2.21. The van der Waals surface area contributed by atoms with Gasteiger partial charge in [0.2, 0.25) is 5.95 Å². The van der Waals surface area contributed by atoms with Crippen LogP contribution in [-0.2, 0) is 6.54 Å². The smallest absolute Gasteiger partial charge is 0.225 e. The van der Waals surface area contributed by atoms with Gasteiger partial charge < -0.3 is 15.4 Å². The largest absolute Gasteiger partial charge is 0.496 e. The van der Waals surface area contributed by atoms with E-state index in [9.17, 15) is 0 Å². The van der Waals surface area contributed by atoms with Crippen molar-refractivity contribution in [1.29, 1.82) is 0 Å². The maximum absolute atomic E-state index is 5.58. The van der Waals surface area contributed by atoms with E-state index >= 15 is 0 Å². The first-order valence-corrected chi connectivity index (χ1v) is 6.48. The van der Waals surface area contributed by atoms with E-state index in [0.717, 1.165) is 11.3 Å². The van der Waals surface area contributed by atoms with Crippen molar-refractivity contribution in [2.75, 3.05) is 19.1 Å². The SMILES string of the molecule is COc1ccccc1CN(C)c1nccc(C(N)=S)n1. The molecule has 1 aromatic carbocycles. The van der Waals surface area contributed by atoms with Crippen molar-refractivity contribution in [3.63, 3.8) is 0 Å². The normalized spacial score (nSPS) is 10.1. The molecule has 0 atom stereocenters. The molecule has 0 bridgehead atoms. The van der Waals surface area contributed by atoms with Gasteiger partial charge in [0.25, 0.3) is 0 Å². The number of thiocarbonyl (C=S) groups is 1. The van der Waals surface area contributed by atoms with E-state index in [4.69, 9.17) is 22.7 Å². The van der Waals surface area contributed by atoms with Crippen molar-refractivity contribution in [2.45, 2.75) is 6.54 Å². The van der Waals surface area contributed by atoms with Crippen LogP contribution in [0.1, 0.15) is 11.3 Å². The van der Waals surface area contributed by atoms with Gasteiger partial charge in [-0.3, -0.25) is 0 Å². The Morgan fingerprint density at radius 2 is 2.10 bits per heavy atom. The van der Waals surface area contributed by atoms with Gasteiger partial charge in [-0.25, -0.2) is 9.97 Å². The molecule has 5 nitrogen and oxygen atoms in total. The third-order valence-corrected chi connectivity index (χ3v) is 3.05. The molecular formula is C14H16N4OS. The highest BCUT2D eigenvalue weighted by Crippen LogP contribution is 2.20. The minimum atomic E-state index is 0.263. The van der Waals surface area contributed by atoms with Crippen molar-refractivity contribution in [1.82, 2.24) is 9.97 Å². The van der Waals surface area contributed by atoms with Gasteiger partial charge >= 0.3 is 0 Å². The number of rotatable bonds is 5. The second kappa shape index (κ2) is 6.29. The number of hydrogen-bond acceptors (Lipinski definition) is 5. The Bertz CT molecular complexity index is 618. The van der Waals surface area contributed by atoms with Crippen LogP contribution in [0.15, 0.2) is 36.5 Å². The number of para-hydroxylation sites is 1. The summed E-state index contributed by atoms with van der Waals surface area (Å²) in [7, 11) is 3.56. The van der Waals surface area contributed by atoms with Gasteiger partial charge in [-0.15, -0.1) is 0 Å². The lowest BCUT2D eigenvalue weighted by Gasteiger charge is -2.18. The molecule has 0 radical (unpaired) electrons. The van der Waals surface area contributed by atoms with Crippen molar-refractivity contribution in [2.24, 2.45) is 5.73 Å². The van der Waals surface area contributed by atoms with E-state index in [0.29, 0.717) is 18.2 Å². The highest BCUT2D eigenvalue weighted by Gasteiger charge is 2.10. The molecule has 0 spiro atoms.